The molecule has 1 aliphatic rings. The van der Waals surface area contributed by atoms with E-state index in [-0.39, 0.29) is 11.8 Å². The molecule has 0 saturated carbocycles. The van der Waals surface area contributed by atoms with E-state index >= 15 is 0 Å². The van der Waals surface area contributed by atoms with Crippen LogP contribution < -0.4 is 5.11 Å². The van der Waals surface area contributed by atoms with Crippen molar-refractivity contribution in [3.05, 3.63) is 0 Å². The zero-order valence-corrected chi connectivity index (χ0v) is 7.80. The Kier molecular flexibility index (Phi) is 2.92. The van der Waals surface area contributed by atoms with Crippen LogP contribution in [0.2, 0.25) is 0 Å². The number of thioether (sulfide) groups is 1. The minimum Gasteiger partial charge on any atom is -0.550 e. The minimum atomic E-state index is -1.31. The molecule has 1 rings (SSSR count). The van der Waals surface area contributed by atoms with Crippen LogP contribution >= 0.6 is 11.8 Å². The normalized spacial score (nSPS) is 22.5. The van der Waals surface area contributed by atoms with Crippen LogP contribution in [-0.2, 0) is 9.59 Å². The second kappa shape index (κ2) is 3.78. The second-order valence-corrected chi connectivity index (χ2v) is 3.69. The largest absolute Gasteiger partial charge is 0.550 e. The number of nitrogens with zero attached hydrogens (tertiary/aromatic N) is 1. The third-order valence-electron chi connectivity index (χ3n) is 1.67. The highest BCUT2D eigenvalue weighted by Gasteiger charge is 2.38. The summed E-state index contributed by atoms with van der Waals surface area (Å²) in [7, 11) is 0. The summed E-state index contributed by atoms with van der Waals surface area (Å²) < 4.78 is 0. The number of carbonyl (C=O) groups is 3. The van der Waals surface area contributed by atoms with Crippen LogP contribution in [0.25, 0.3) is 0 Å². The van der Waals surface area contributed by atoms with Crippen molar-refractivity contribution in [2.45, 2.75) is 18.6 Å². The fraction of sp³-hybridized carbons (Fsp3) is 0.571. The van der Waals surface area contributed by atoms with Gasteiger partial charge in [-0.1, -0.05) is 11.8 Å². The number of carboxylic acid groups (broad SMARTS) is 1. The molecule has 0 aromatic heterocycles. The van der Waals surface area contributed by atoms with Crippen molar-refractivity contribution in [3.63, 3.8) is 0 Å². The van der Waals surface area contributed by atoms with Gasteiger partial charge in [-0.2, -0.15) is 0 Å². The fourth-order valence-corrected chi connectivity index (χ4v) is 2.10. The van der Waals surface area contributed by atoms with Crippen molar-refractivity contribution in [2.24, 2.45) is 0 Å². The molecule has 1 aliphatic heterocycles. The number of hydrogen-bond donors (Lipinski definition) is 0. The minimum absolute atomic E-state index is 0.286. The molecule has 0 radical (unpaired) electrons. The van der Waals surface area contributed by atoms with E-state index < -0.39 is 23.5 Å². The first kappa shape index (κ1) is 10.0. The maximum Gasteiger partial charge on any atom is 0.289 e. The van der Waals surface area contributed by atoms with E-state index in [0.29, 0.717) is 0 Å². The fourth-order valence-electron chi connectivity index (χ4n) is 1.06. The van der Waals surface area contributed by atoms with E-state index in [2.05, 4.69) is 0 Å². The smallest absolute Gasteiger partial charge is 0.289 e. The molecule has 13 heavy (non-hydrogen) atoms. The molecule has 0 unspecified atom stereocenters. The summed E-state index contributed by atoms with van der Waals surface area (Å²) >= 11 is 0.751. The second-order valence-electron chi connectivity index (χ2n) is 2.53. The first-order valence-corrected chi connectivity index (χ1v) is 4.66. The molecular formula is C7H8NO4S-. The van der Waals surface area contributed by atoms with Gasteiger partial charge in [0, 0.05) is 18.9 Å². The number of carboxylic acids is 1. The van der Waals surface area contributed by atoms with Crippen molar-refractivity contribution in [1.29, 1.82) is 0 Å². The first-order chi connectivity index (χ1) is 6.06. The van der Waals surface area contributed by atoms with Crippen LogP contribution in [0, 0.1) is 0 Å². The summed E-state index contributed by atoms with van der Waals surface area (Å²) in [5, 5.41) is 9.03. The van der Waals surface area contributed by atoms with Crippen molar-refractivity contribution in [1.82, 2.24) is 4.90 Å². The van der Waals surface area contributed by atoms with E-state index in [4.69, 9.17) is 0 Å². The number of carbonyl (C=O) groups excluding carboxylic acids is 3. The number of amides is 2. The molecule has 0 bridgehead atoms. The van der Waals surface area contributed by atoms with Gasteiger partial charge in [-0.25, -0.2) is 0 Å². The van der Waals surface area contributed by atoms with Crippen molar-refractivity contribution >= 4 is 28.9 Å². The van der Waals surface area contributed by atoms with E-state index in [0.717, 1.165) is 16.7 Å². The lowest BCUT2D eigenvalue weighted by Gasteiger charge is -2.10. The van der Waals surface area contributed by atoms with Gasteiger partial charge in [0.15, 0.2) is 0 Å². The lowest BCUT2D eigenvalue weighted by atomic mass is 10.3. The quantitative estimate of drug-likeness (QED) is 0.599. The summed E-state index contributed by atoms with van der Waals surface area (Å²) in [6.45, 7) is 1.95. The molecule has 0 aromatic carbocycles. The van der Waals surface area contributed by atoms with Crippen molar-refractivity contribution in [2.75, 3.05) is 6.54 Å². The summed E-state index contributed by atoms with van der Waals surface area (Å²) in [5.74, 6) is -1.74. The highest BCUT2D eigenvalue weighted by molar-refractivity contribution is 8.15. The standard InChI is InChI=1S/C7H9NO4S/c1-2-8-6(11)4(3-5(9)10)13-7(8)12/h4H,2-3H2,1H3,(H,9,10)/p-1/t4-/m0/s1. The molecule has 72 valence electrons. The van der Waals surface area contributed by atoms with Crippen LogP contribution in [0.15, 0.2) is 0 Å². The Morgan fingerprint density at radius 3 is 2.62 bits per heavy atom. The lowest BCUT2D eigenvalue weighted by molar-refractivity contribution is -0.305. The Bertz CT molecular complexity index is 265. The highest BCUT2D eigenvalue weighted by Crippen LogP contribution is 2.28. The van der Waals surface area contributed by atoms with Gasteiger partial charge < -0.3 is 9.90 Å². The van der Waals surface area contributed by atoms with Gasteiger partial charge in [-0.3, -0.25) is 14.5 Å². The average Bonchev–Trinajstić information content (AvgIpc) is 2.26. The Morgan fingerprint density at radius 2 is 2.23 bits per heavy atom. The number of hydrogen-bond acceptors (Lipinski definition) is 5. The maximum atomic E-state index is 11.3. The molecule has 0 aromatic rings. The first-order valence-electron chi connectivity index (χ1n) is 3.78. The Hall–Kier alpha value is -1.04. The van der Waals surface area contributed by atoms with Crippen LogP contribution in [0.5, 0.6) is 0 Å². The molecule has 1 heterocycles. The number of aliphatic carboxylic acids is 1. The van der Waals surface area contributed by atoms with Gasteiger partial charge in [0.25, 0.3) is 5.24 Å². The van der Waals surface area contributed by atoms with E-state index in [1.54, 1.807) is 6.92 Å². The zero-order chi connectivity index (χ0) is 10.0. The van der Waals surface area contributed by atoms with Crippen LogP contribution in [0.1, 0.15) is 13.3 Å². The molecule has 6 heteroatoms. The summed E-state index contributed by atoms with van der Waals surface area (Å²) in [6.07, 6.45) is -0.397. The monoisotopic (exact) mass is 202 g/mol. The van der Waals surface area contributed by atoms with Crippen LogP contribution in [-0.4, -0.2) is 33.8 Å². The maximum absolute atomic E-state index is 11.3. The summed E-state index contributed by atoms with van der Waals surface area (Å²) in [5.41, 5.74) is 0. The molecular weight excluding hydrogens is 194 g/mol. The third-order valence-corrected chi connectivity index (χ3v) is 2.75. The van der Waals surface area contributed by atoms with Crippen LogP contribution in [0.3, 0.4) is 0 Å². The third kappa shape index (κ3) is 2.00. The Labute approximate surface area is 79.1 Å². The molecule has 5 nitrogen and oxygen atoms in total. The predicted octanol–water partition coefficient (Wildman–Crippen LogP) is -0.790. The molecule has 0 aliphatic carbocycles. The molecule has 0 N–H and O–H groups in total. The number of imide groups is 1. The van der Waals surface area contributed by atoms with Gasteiger partial charge >= 0.3 is 0 Å². The SMILES string of the molecule is CCN1C(=O)S[C@@H](CC(=O)[O-])C1=O. The highest BCUT2D eigenvalue weighted by atomic mass is 32.2. The molecule has 1 atom stereocenters. The Balaban J connectivity index is 2.67. The molecule has 0 spiro atoms. The Morgan fingerprint density at radius 1 is 1.62 bits per heavy atom. The summed E-state index contributed by atoms with van der Waals surface area (Å²) in [4.78, 5) is 33.6. The van der Waals surface area contributed by atoms with Gasteiger partial charge in [0.1, 0.15) is 0 Å². The van der Waals surface area contributed by atoms with E-state index in [1.165, 1.54) is 0 Å². The average molecular weight is 202 g/mol. The van der Waals surface area contributed by atoms with Gasteiger partial charge in [-0.15, -0.1) is 0 Å². The number of rotatable bonds is 3. The predicted molar refractivity (Wildman–Crippen MR) is 43.8 cm³/mol. The van der Waals surface area contributed by atoms with Gasteiger partial charge in [0.05, 0.1) is 5.25 Å². The van der Waals surface area contributed by atoms with E-state index in [1.807, 2.05) is 0 Å². The van der Waals surface area contributed by atoms with Gasteiger partial charge in [-0.05, 0) is 6.92 Å². The zero-order valence-electron chi connectivity index (χ0n) is 6.98. The lowest BCUT2D eigenvalue weighted by Crippen LogP contribution is -2.34. The van der Waals surface area contributed by atoms with Crippen LogP contribution in [0.4, 0.5) is 4.79 Å². The van der Waals surface area contributed by atoms with Crippen molar-refractivity contribution in [3.8, 4) is 0 Å². The van der Waals surface area contributed by atoms with Gasteiger partial charge in [0.2, 0.25) is 5.91 Å². The molecule has 2 amide bonds. The topological polar surface area (TPSA) is 77.5 Å². The molecule has 1 saturated heterocycles. The summed E-state index contributed by atoms with van der Waals surface area (Å²) in [6, 6.07) is 0. The van der Waals surface area contributed by atoms with Crippen molar-refractivity contribution < 1.29 is 19.5 Å². The molecule has 1 fully saturated rings. The van der Waals surface area contributed by atoms with E-state index in [9.17, 15) is 19.5 Å².